The zero-order chi connectivity index (χ0) is 15.7. The number of aromatic nitrogens is 1. The highest BCUT2D eigenvalue weighted by Gasteiger charge is 2.39. The second-order valence-electron chi connectivity index (χ2n) is 3.47. The number of rotatable bonds is 3. The molecule has 0 fully saturated rings. The van der Waals surface area contributed by atoms with E-state index in [-0.39, 0.29) is 6.07 Å². The minimum absolute atomic E-state index is 0.0539. The molecule has 1 rings (SSSR count). The fourth-order valence-electron chi connectivity index (χ4n) is 1.36. The molecule has 0 aromatic carbocycles. The molecular weight excluding hydrogens is 300 g/mol. The summed E-state index contributed by atoms with van der Waals surface area (Å²) in [7, 11) is 0. The molecule has 0 amide bonds. The predicted octanol–water partition coefficient (Wildman–Crippen LogP) is 1.92. The van der Waals surface area contributed by atoms with Crippen LogP contribution < -0.4 is 10.2 Å². The quantitative estimate of drug-likeness (QED) is 0.836. The molecule has 1 aromatic heterocycles. The van der Waals surface area contributed by atoms with Gasteiger partial charge in [-0.3, -0.25) is 9.59 Å². The van der Waals surface area contributed by atoms with Crippen molar-refractivity contribution >= 4 is 5.97 Å². The highest BCUT2D eigenvalue weighted by Crippen LogP contribution is 2.30. The number of carboxylic acids is 1. The van der Waals surface area contributed by atoms with Crippen LogP contribution in [-0.4, -0.2) is 22.4 Å². The fourth-order valence-corrected chi connectivity index (χ4v) is 1.36. The first kappa shape index (κ1) is 15.9. The third-order valence-electron chi connectivity index (χ3n) is 1.92. The van der Waals surface area contributed by atoms with Gasteiger partial charge in [0.1, 0.15) is 5.56 Å². The van der Waals surface area contributed by atoms with Gasteiger partial charge in [-0.1, -0.05) is 0 Å². The molecule has 0 saturated carbocycles. The van der Waals surface area contributed by atoms with Gasteiger partial charge in [0, 0.05) is 11.8 Å². The summed E-state index contributed by atoms with van der Waals surface area (Å²) >= 11 is 0. The Balaban J connectivity index is 3.41. The number of H-pyrrole nitrogens is 1. The molecule has 11 heteroatoms. The first-order chi connectivity index (χ1) is 8.90. The second kappa shape index (κ2) is 5.06. The average molecular weight is 305 g/mol. The van der Waals surface area contributed by atoms with Gasteiger partial charge in [0.15, 0.2) is 5.43 Å². The van der Waals surface area contributed by atoms with Crippen molar-refractivity contribution in [2.45, 2.75) is 19.0 Å². The first-order valence-corrected chi connectivity index (χ1v) is 4.71. The second-order valence-corrected chi connectivity index (χ2v) is 3.47. The van der Waals surface area contributed by atoms with E-state index in [4.69, 9.17) is 5.11 Å². The van der Waals surface area contributed by atoms with Crippen LogP contribution in [0.5, 0.6) is 5.88 Å². The van der Waals surface area contributed by atoms with E-state index in [0.29, 0.717) is 0 Å². The molecule has 0 unspecified atom stereocenters. The molecule has 112 valence electrons. The number of aliphatic carboxylic acids is 1. The van der Waals surface area contributed by atoms with Gasteiger partial charge in [-0.15, -0.1) is 13.2 Å². The van der Waals surface area contributed by atoms with Crippen LogP contribution in [0.3, 0.4) is 0 Å². The van der Waals surface area contributed by atoms with Crippen LogP contribution in [0.2, 0.25) is 0 Å². The number of aromatic amines is 1. The number of carbonyl (C=O) groups is 1. The molecular formula is C9H5F6NO4. The smallest absolute Gasteiger partial charge is 0.481 e. The molecule has 20 heavy (non-hydrogen) atoms. The van der Waals surface area contributed by atoms with Gasteiger partial charge < -0.3 is 14.8 Å². The van der Waals surface area contributed by atoms with Crippen LogP contribution in [0.4, 0.5) is 26.3 Å². The molecule has 0 bridgehead atoms. The Labute approximate surface area is 105 Å². The van der Waals surface area contributed by atoms with E-state index in [1.165, 1.54) is 4.98 Å². The molecule has 0 spiro atoms. The molecule has 0 saturated heterocycles. The van der Waals surface area contributed by atoms with Gasteiger partial charge in [-0.25, -0.2) is 0 Å². The summed E-state index contributed by atoms with van der Waals surface area (Å²) in [5, 5.41) is 8.42. The summed E-state index contributed by atoms with van der Waals surface area (Å²) in [6.07, 6.45) is -11.8. The Morgan fingerprint density at radius 2 is 1.80 bits per heavy atom. The summed E-state index contributed by atoms with van der Waals surface area (Å²) in [5.41, 5.74) is -4.93. The zero-order valence-corrected chi connectivity index (χ0v) is 9.22. The van der Waals surface area contributed by atoms with Crippen LogP contribution in [0.1, 0.15) is 11.3 Å². The maximum absolute atomic E-state index is 12.6. The molecule has 1 heterocycles. The minimum Gasteiger partial charge on any atom is -0.481 e. The van der Waals surface area contributed by atoms with Crippen molar-refractivity contribution < 1.29 is 41.0 Å². The van der Waals surface area contributed by atoms with Crippen LogP contribution in [0, 0.1) is 0 Å². The Kier molecular flexibility index (Phi) is 4.01. The number of halogens is 6. The van der Waals surface area contributed by atoms with Crippen molar-refractivity contribution in [3.63, 3.8) is 0 Å². The van der Waals surface area contributed by atoms with Crippen LogP contribution in [0.15, 0.2) is 10.9 Å². The third kappa shape index (κ3) is 4.17. The molecule has 1 aromatic rings. The Hall–Kier alpha value is -2.20. The fraction of sp³-hybridized carbons (Fsp3) is 0.333. The van der Waals surface area contributed by atoms with Crippen molar-refractivity contribution in [2.24, 2.45) is 0 Å². The summed E-state index contributed by atoms with van der Waals surface area (Å²) < 4.78 is 76.7. The summed E-state index contributed by atoms with van der Waals surface area (Å²) in [4.78, 5) is 23.1. The lowest BCUT2D eigenvalue weighted by Gasteiger charge is -2.14. The number of hydrogen-bond acceptors (Lipinski definition) is 3. The van der Waals surface area contributed by atoms with Gasteiger partial charge in [-0.2, -0.15) is 13.2 Å². The number of pyridine rings is 1. The van der Waals surface area contributed by atoms with E-state index < -0.39 is 47.5 Å². The molecule has 5 nitrogen and oxygen atoms in total. The van der Waals surface area contributed by atoms with E-state index in [2.05, 4.69) is 4.74 Å². The maximum Gasteiger partial charge on any atom is 0.574 e. The van der Waals surface area contributed by atoms with E-state index in [9.17, 15) is 35.9 Å². The molecule has 2 N–H and O–H groups in total. The molecule has 0 radical (unpaired) electrons. The van der Waals surface area contributed by atoms with Gasteiger partial charge >= 0.3 is 18.5 Å². The zero-order valence-electron chi connectivity index (χ0n) is 9.22. The third-order valence-corrected chi connectivity index (χ3v) is 1.92. The Bertz CT molecular complexity index is 573. The van der Waals surface area contributed by atoms with Crippen molar-refractivity contribution in [2.75, 3.05) is 0 Å². The number of carboxylic acid groups (broad SMARTS) is 1. The monoisotopic (exact) mass is 305 g/mol. The molecule has 0 aliphatic heterocycles. The summed E-state index contributed by atoms with van der Waals surface area (Å²) in [6, 6.07) is -0.0539. The molecule has 0 aliphatic carbocycles. The predicted molar refractivity (Wildman–Crippen MR) is 50.1 cm³/mol. The van der Waals surface area contributed by atoms with Gasteiger partial charge in [-0.05, 0) is 0 Å². The number of alkyl halides is 6. The average Bonchev–Trinajstić information content (AvgIpc) is 2.08. The lowest BCUT2D eigenvalue weighted by Crippen LogP contribution is -2.26. The van der Waals surface area contributed by atoms with E-state index in [1.54, 1.807) is 0 Å². The van der Waals surface area contributed by atoms with Gasteiger partial charge in [0.05, 0.1) is 6.42 Å². The Morgan fingerprint density at radius 1 is 1.25 bits per heavy atom. The summed E-state index contributed by atoms with van der Waals surface area (Å²) in [5.74, 6) is -3.10. The largest absolute Gasteiger partial charge is 0.574 e. The lowest BCUT2D eigenvalue weighted by atomic mass is 10.1. The molecule has 0 atom stereocenters. The standard InChI is InChI=1S/C9H5F6NO4/c10-8(11,12)7-3(1-6(18)19)16-5(2-4(7)17)20-9(13,14)15/h2H,1H2,(H,16,17)(H,18,19). The Morgan fingerprint density at radius 3 is 2.20 bits per heavy atom. The van der Waals surface area contributed by atoms with Gasteiger partial charge in [0.25, 0.3) is 0 Å². The van der Waals surface area contributed by atoms with Crippen molar-refractivity contribution in [3.05, 3.63) is 27.5 Å². The van der Waals surface area contributed by atoms with Gasteiger partial charge in [0.2, 0.25) is 5.88 Å². The van der Waals surface area contributed by atoms with Crippen LogP contribution >= 0.6 is 0 Å². The number of nitrogens with one attached hydrogen (secondary N) is 1. The normalized spacial score (nSPS) is 12.3. The lowest BCUT2D eigenvalue weighted by molar-refractivity contribution is -0.276. The summed E-state index contributed by atoms with van der Waals surface area (Å²) in [6.45, 7) is 0. The number of ether oxygens (including phenoxy) is 1. The SMILES string of the molecule is O=C(O)Cc1[nH]c(OC(F)(F)F)cc(=O)c1C(F)(F)F. The van der Waals surface area contributed by atoms with E-state index in [1.807, 2.05) is 0 Å². The minimum atomic E-state index is -5.25. The topological polar surface area (TPSA) is 79.4 Å². The number of hydrogen-bond donors (Lipinski definition) is 2. The van der Waals surface area contributed by atoms with Crippen LogP contribution in [-0.2, 0) is 17.4 Å². The van der Waals surface area contributed by atoms with Crippen molar-refractivity contribution in [3.8, 4) is 5.88 Å². The van der Waals surface area contributed by atoms with Crippen molar-refractivity contribution in [1.82, 2.24) is 4.98 Å². The van der Waals surface area contributed by atoms with E-state index >= 15 is 0 Å². The highest BCUT2D eigenvalue weighted by molar-refractivity contribution is 5.70. The van der Waals surface area contributed by atoms with Crippen molar-refractivity contribution in [1.29, 1.82) is 0 Å². The van der Waals surface area contributed by atoms with E-state index in [0.717, 1.165) is 0 Å². The molecule has 0 aliphatic rings. The highest BCUT2D eigenvalue weighted by atomic mass is 19.4. The first-order valence-electron chi connectivity index (χ1n) is 4.71. The maximum atomic E-state index is 12.6. The van der Waals surface area contributed by atoms with Crippen LogP contribution in [0.25, 0.3) is 0 Å².